The van der Waals surface area contributed by atoms with E-state index in [9.17, 15) is 4.79 Å². The summed E-state index contributed by atoms with van der Waals surface area (Å²) in [5.74, 6) is 1.03. The standard InChI is InChI=1S/C10H17NO2/c1-13-10-7(11)4-2-6-3-5-8(12)9(6)10/h6-7,9-10H,2-5,11H2,1H3. The lowest BCUT2D eigenvalue weighted by molar-refractivity contribution is -0.128. The van der Waals surface area contributed by atoms with Crippen LogP contribution in [0.5, 0.6) is 0 Å². The van der Waals surface area contributed by atoms with Crippen LogP contribution in [0, 0.1) is 11.8 Å². The SMILES string of the molecule is COC1C(N)CCC2CCC(=O)C21. The second-order valence-electron chi connectivity index (χ2n) is 4.23. The molecule has 2 fully saturated rings. The van der Waals surface area contributed by atoms with Gasteiger partial charge in [-0.25, -0.2) is 0 Å². The van der Waals surface area contributed by atoms with E-state index in [0.717, 1.165) is 25.7 Å². The Hall–Kier alpha value is -0.410. The number of hydrogen-bond acceptors (Lipinski definition) is 3. The first-order chi connectivity index (χ1) is 6.24. The fourth-order valence-corrected chi connectivity index (χ4v) is 2.87. The molecule has 0 aliphatic heterocycles. The molecule has 2 saturated carbocycles. The first-order valence-electron chi connectivity index (χ1n) is 5.05. The summed E-state index contributed by atoms with van der Waals surface area (Å²) in [5.41, 5.74) is 5.93. The van der Waals surface area contributed by atoms with Crippen molar-refractivity contribution in [3.8, 4) is 0 Å². The maximum Gasteiger partial charge on any atom is 0.138 e. The lowest BCUT2D eigenvalue weighted by atomic mass is 9.77. The van der Waals surface area contributed by atoms with E-state index in [1.165, 1.54) is 0 Å². The number of ketones is 1. The Kier molecular flexibility index (Phi) is 2.39. The Labute approximate surface area is 78.6 Å². The van der Waals surface area contributed by atoms with Gasteiger partial charge in [-0.15, -0.1) is 0 Å². The average Bonchev–Trinajstić information content (AvgIpc) is 2.49. The van der Waals surface area contributed by atoms with Crippen LogP contribution in [-0.4, -0.2) is 25.0 Å². The molecule has 2 aliphatic carbocycles. The molecule has 0 aromatic heterocycles. The molecule has 0 spiro atoms. The van der Waals surface area contributed by atoms with Crippen molar-refractivity contribution in [2.45, 2.75) is 37.8 Å². The van der Waals surface area contributed by atoms with E-state index in [4.69, 9.17) is 10.5 Å². The summed E-state index contributed by atoms with van der Waals surface area (Å²) in [4.78, 5) is 11.6. The first-order valence-corrected chi connectivity index (χ1v) is 5.05. The minimum absolute atomic E-state index is 0.0197. The average molecular weight is 183 g/mol. The van der Waals surface area contributed by atoms with Crippen LogP contribution in [0.1, 0.15) is 25.7 Å². The minimum atomic E-state index is -0.0197. The molecule has 0 aromatic carbocycles. The Morgan fingerprint density at radius 1 is 1.38 bits per heavy atom. The van der Waals surface area contributed by atoms with Crippen LogP contribution in [0.3, 0.4) is 0 Å². The first kappa shape index (κ1) is 9.16. The molecule has 3 nitrogen and oxygen atoms in total. The van der Waals surface area contributed by atoms with E-state index in [1.807, 2.05) is 0 Å². The summed E-state index contributed by atoms with van der Waals surface area (Å²) >= 11 is 0. The molecule has 2 aliphatic rings. The Balaban J connectivity index is 2.17. The topological polar surface area (TPSA) is 52.3 Å². The number of Topliss-reactive ketones (excluding diaryl/α,β-unsaturated/α-hetero) is 1. The maximum absolute atomic E-state index is 11.6. The Morgan fingerprint density at radius 2 is 2.15 bits per heavy atom. The van der Waals surface area contributed by atoms with Crippen molar-refractivity contribution in [3.63, 3.8) is 0 Å². The number of rotatable bonds is 1. The predicted octanol–water partition coefficient (Wildman–Crippen LogP) is 0.718. The van der Waals surface area contributed by atoms with Crippen molar-refractivity contribution >= 4 is 5.78 Å². The molecule has 0 heterocycles. The van der Waals surface area contributed by atoms with Crippen molar-refractivity contribution in [1.29, 1.82) is 0 Å². The third-order valence-corrected chi connectivity index (χ3v) is 3.56. The quantitative estimate of drug-likeness (QED) is 0.651. The molecule has 2 N–H and O–H groups in total. The highest BCUT2D eigenvalue weighted by Gasteiger charge is 2.45. The van der Waals surface area contributed by atoms with Gasteiger partial charge in [-0.05, 0) is 25.2 Å². The molecular weight excluding hydrogens is 166 g/mol. The largest absolute Gasteiger partial charge is 0.379 e. The van der Waals surface area contributed by atoms with E-state index in [0.29, 0.717) is 11.7 Å². The summed E-state index contributed by atoms with van der Waals surface area (Å²) in [6.07, 6.45) is 3.89. The number of carbonyl (C=O) groups excluding carboxylic acids is 1. The van der Waals surface area contributed by atoms with Gasteiger partial charge in [0.2, 0.25) is 0 Å². The summed E-state index contributed by atoms with van der Waals surface area (Å²) in [6.45, 7) is 0. The number of ether oxygens (including phenoxy) is 1. The predicted molar refractivity (Wildman–Crippen MR) is 49.2 cm³/mol. The Morgan fingerprint density at radius 3 is 2.85 bits per heavy atom. The number of nitrogens with two attached hydrogens (primary N) is 1. The van der Waals surface area contributed by atoms with Gasteiger partial charge in [-0.3, -0.25) is 4.79 Å². The zero-order valence-corrected chi connectivity index (χ0v) is 8.03. The van der Waals surface area contributed by atoms with Crippen LogP contribution in [0.4, 0.5) is 0 Å². The molecule has 0 aromatic rings. The lowest BCUT2D eigenvalue weighted by Crippen LogP contribution is -2.48. The Bertz CT molecular complexity index is 217. The van der Waals surface area contributed by atoms with Crippen LogP contribution < -0.4 is 5.73 Å². The van der Waals surface area contributed by atoms with Gasteiger partial charge in [-0.1, -0.05) is 0 Å². The van der Waals surface area contributed by atoms with Crippen molar-refractivity contribution < 1.29 is 9.53 Å². The zero-order valence-electron chi connectivity index (χ0n) is 8.03. The van der Waals surface area contributed by atoms with Crippen LogP contribution >= 0.6 is 0 Å². The van der Waals surface area contributed by atoms with Crippen molar-refractivity contribution in [2.75, 3.05) is 7.11 Å². The molecule has 0 radical (unpaired) electrons. The molecule has 0 amide bonds. The van der Waals surface area contributed by atoms with Gasteiger partial charge in [0.1, 0.15) is 5.78 Å². The van der Waals surface area contributed by atoms with Crippen molar-refractivity contribution in [1.82, 2.24) is 0 Å². The smallest absolute Gasteiger partial charge is 0.138 e. The van der Waals surface area contributed by atoms with Gasteiger partial charge in [-0.2, -0.15) is 0 Å². The molecule has 0 saturated heterocycles. The highest BCUT2D eigenvalue weighted by Crippen LogP contribution is 2.40. The highest BCUT2D eigenvalue weighted by molar-refractivity contribution is 5.84. The van der Waals surface area contributed by atoms with E-state index in [-0.39, 0.29) is 18.1 Å². The van der Waals surface area contributed by atoms with Crippen molar-refractivity contribution in [2.24, 2.45) is 17.6 Å². The van der Waals surface area contributed by atoms with Gasteiger partial charge in [0.25, 0.3) is 0 Å². The molecule has 3 heteroatoms. The second-order valence-corrected chi connectivity index (χ2v) is 4.23. The second kappa shape index (κ2) is 3.39. The molecule has 0 bridgehead atoms. The lowest BCUT2D eigenvalue weighted by Gasteiger charge is -2.36. The van der Waals surface area contributed by atoms with Gasteiger partial charge in [0.15, 0.2) is 0 Å². The third kappa shape index (κ3) is 1.40. The maximum atomic E-state index is 11.6. The van der Waals surface area contributed by atoms with Crippen LogP contribution in [0.25, 0.3) is 0 Å². The molecular formula is C10H17NO2. The number of fused-ring (bicyclic) bond motifs is 1. The molecule has 4 atom stereocenters. The monoisotopic (exact) mass is 183 g/mol. The van der Waals surface area contributed by atoms with Crippen LogP contribution in [0.15, 0.2) is 0 Å². The summed E-state index contributed by atoms with van der Waals surface area (Å²) in [6, 6.07) is 0.0632. The van der Waals surface area contributed by atoms with Gasteiger partial charge >= 0.3 is 0 Å². The summed E-state index contributed by atoms with van der Waals surface area (Å²) < 4.78 is 5.34. The number of hydrogen-bond donors (Lipinski definition) is 1. The normalized spacial score (nSPS) is 44.9. The van der Waals surface area contributed by atoms with Gasteiger partial charge in [0, 0.05) is 25.5 Å². The number of carbonyl (C=O) groups is 1. The van der Waals surface area contributed by atoms with E-state index < -0.39 is 0 Å². The molecule has 4 unspecified atom stereocenters. The molecule has 13 heavy (non-hydrogen) atoms. The van der Waals surface area contributed by atoms with Crippen LogP contribution in [0.2, 0.25) is 0 Å². The summed E-state index contributed by atoms with van der Waals surface area (Å²) in [5, 5.41) is 0. The third-order valence-electron chi connectivity index (χ3n) is 3.56. The zero-order chi connectivity index (χ0) is 9.42. The summed E-state index contributed by atoms with van der Waals surface area (Å²) in [7, 11) is 1.67. The molecule has 74 valence electrons. The van der Waals surface area contributed by atoms with E-state index >= 15 is 0 Å². The van der Waals surface area contributed by atoms with Gasteiger partial charge < -0.3 is 10.5 Å². The fourth-order valence-electron chi connectivity index (χ4n) is 2.87. The minimum Gasteiger partial charge on any atom is -0.379 e. The molecule has 2 rings (SSSR count). The van der Waals surface area contributed by atoms with E-state index in [1.54, 1.807) is 7.11 Å². The number of methoxy groups -OCH3 is 1. The fraction of sp³-hybridized carbons (Fsp3) is 0.900. The van der Waals surface area contributed by atoms with E-state index in [2.05, 4.69) is 0 Å². The van der Waals surface area contributed by atoms with Crippen LogP contribution in [-0.2, 0) is 9.53 Å². The van der Waals surface area contributed by atoms with Crippen molar-refractivity contribution in [3.05, 3.63) is 0 Å². The highest BCUT2D eigenvalue weighted by atomic mass is 16.5. The van der Waals surface area contributed by atoms with Gasteiger partial charge in [0.05, 0.1) is 6.10 Å².